The molecule has 1 heterocycles. The molecular formula is C29H28FN3O3S. The van der Waals surface area contributed by atoms with Crippen molar-refractivity contribution >= 4 is 46.5 Å². The minimum atomic E-state index is -0.529. The topological polar surface area (TPSA) is 78.5 Å². The fourth-order valence-electron chi connectivity index (χ4n) is 3.84. The third kappa shape index (κ3) is 6.09. The zero-order chi connectivity index (χ0) is 26.7. The van der Waals surface area contributed by atoms with Crippen molar-refractivity contribution in [3.8, 4) is 0 Å². The number of aryl methyl sites for hydroxylation is 2. The smallest absolute Gasteiger partial charge is 0.283 e. The minimum Gasteiger partial charge on any atom is -0.350 e. The molecule has 0 saturated carbocycles. The Labute approximate surface area is 219 Å². The predicted octanol–water partition coefficient (Wildman–Crippen LogP) is 6.42. The molecule has 3 aromatic rings. The van der Waals surface area contributed by atoms with Gasteiger partial charge in [-0.2, -0.15) is 0 Å². The molecule has 190 valence electrons. The van der Waals surface area contributed by atoms with Gasteiger partial charge in [-0.1, -0.05) is 37.7 Å². The normalized spacial score (nSPS) is 13.5. The number of carbonyl (C=O) groups is 3. The second-order valence-electron chi connectivity index (χ2n) is 9.33. The van der Waals surface area contributed by atoms with Crippen LogP contribution in [0.25, 0.3) is 0 Å². The quantitative estimate of drug-likeness (QED) is 0.337. The van der Waals surface area contributed by atoms with Crippen LogP contribution in [0.15, 0.2) is 82.2 Å². The van der Waals surface area contributed by atoms with E-state index in [9.17, 15) is 18.8 Å². The molecular weight excluding hydrogens is 489 g/mol. The second kappa shape index (κ2) is 11.0. The van der Waals surface area contributed by atoms with Gasteiger partial charge in [0.15, 0.2) is 0 Å². The largest absolute Gasteiger partial charge is 0.350 e. The van der Waals surface area contributed by atoms with Crippen molar-refractivity contribution in [2.24, 2.45) is 5.92 Å². The van der Waals surface area contributed by atoms with Gasteiger partial charge in [0.25, 0.3) is 11.8 Å². The molecule has 0 saturated heterocycles. The first kappa shape index (κ1) is 26.2. The molecule has 2 N–H and O–H groups in total. The van der Waals surface area contributed by atoms with E-state index >= 15 is 0 Å². The zero-order valence-corrected chi connectivity index (χ0v) is 21.9. The van der Waals surface area contributed by atoms with E-state index in [-0.39, 0.29) is 28.1 Å². The lowest BCUT2D eigenvalue weighted by Crippen LogP contribution is -2.32. The van der Waals surface area contributed by atoms with E-state index in [4.69, 9.17) is 0 Å². The van der Waals surface area contributed by atoms with Crippen molar-refractivity contribution in [1.29, 1.82) is 0 Å². The highest BCUT2D eigenvalue weighted by Crippen LogP contribution is 2.38. The standard InChI is InChI=1S/C29H28FN3O3S/c1-17(2)14-25(34)31-21-6-5-7-24(16-21)37-27-26(32-22-11-8-18(3)19(4)15-22)28(35)33(29(27)36)23-12-9-20(30)10-13-23/h5-13,15-17,32H,14H2,1-4H3,(H,31,34). The summed E-state index contributed by atoms with van der Waals surface area (Å²) in [6.45, 7) is 7.90. The van der Waals surface area contributed by atoms with Crippen LogP contribution in [-0.4, -0.2) is 17.7 Å². The monoisotopic (exact) mass is 517 g/mol. The Morgan fingerprint density at radius 2 is 1.65 bits per heavy atom. The van der Waals surface area contributed by atoms with Crippen molar-refractivity contribution in [2.45, 2.75) is 39.0 Å². The first-order valence-electron chi connectivity index (χ1n) is 11.9. The maximum Gasteiger partial charge on any atom is 0.283 e. The molecule has 3 aromatic carbocycles. The van der Waals surface area contributed by atoms with E-state index in [1.54, 1.807) is 18.2 Å². The van der Waals surface area contributed by atoms with Crippen LogP contribution in [0.1, 0.15) is 31.4 Å². The Morgan fingerprint density at radius 3 is 2.32 bits per heavy atom. The highest BCUT2D eigenvalue weighted by Gasteiger charge is 2.40. The molecule has 4 rings (SSSR count). The first-order valence-corrected chi connectivity index (χ1v) is 12.7. The third-order valence-corrected chi connectivity index (χ3v) is 6.91. The minimum absolute atomic E-state index is 0.0944. The maximum absolute atomic E-state index is 13.5. The molecule has 0 aromatic heterocycles. The number of rotatable bonds is 8. The molecule has 0 fully saturated rings. The summed E-state index contributed by atoms with van der Waals surface area (Å²) in [6.07, 6.45) is 0.395. The van der Waals surface area contributed by atoms with Crippen molar-refractivity contribution < 1.29 is 18.8 Å². The molecule has 0 unspecified atom stereocenters. The number of nitrogens with zero attached hydrogens (tertiary/aromatic N) is 1. The molecule has 6 nitrogen and oxygen atoms in total. The lowest BCUT2D eigenvalue weighted by molar-refractivity contribution is -0.120. The van der Waals surface area contributed by atoms with E-state index in [1.807, 2.05) is 52.0 Å². The van der Waals surface area contributed by atoms with Crippen molar-refractivity contribution in [2.75, 3.05) is 15.5 Å². The molecule has 0 aliphatic carbocycles. The van der Waals surface area contributed by atoms with Gasteiger partial charge in [-0.15, -0.1) is 0 Å². The number of halogens is 1. The van der Waals surface area contributed by atoms with Crippen LogP contribution >= 0.6 is 11.8 Å². The summed E-state index contributed by atoms with van der Waals surface area (Å²) in [4.78, 5) is 41.2. The van der Waals surface area contributed by atoms with Crippen LogP contribution in [0.4, 0.5) is 21.5 Å². The van der Waals surface area contributed by atoms with Crippen LogP contribution in [0.3, 0.4) is 0 Å². The Balaban J connectivity index is 1.68. The fourth-order valence-corrected chi connectivity index (χ4v) is 4.83. The Morgan fingerprint density at radius 1 is 0.919 bits per heavy atom. The molecule has 0 atom stereocenters. The van der Waals surface area contributed by atoms with Crippen LogP contribution in [-0.2, 0) is 14.4 Å². The highest BCUT2D eigenvalue weighted by atomic mass is 32.2. The van der Waals surface area contributed by atoms with Gasteiger partial charge in [0.1, 0.15) is 16.4 Å². The number of amides is 3. The number of hydrogen-bond acceptors (Lipinski definition) is 5. The highest BCUT2D eigenvalue weighted by molar-refractivity contribution is 8.04. The van der Waals surface area contributed by atoms with Gasteiger partial charge < -0.3 is 10.6 Å². The number of nitrogens with one attached hydrogen (secondary N) is 2. The van der Waals surface area contributed by atoms with Crippen molar-refractivity contribution in [3.05, 3.63) is 94.3 Å². The van der Waals surface area contributed by atoms with Crippen LogP contribution < -0.4 is 15.5 Å². The fraction of sp³-hybridized carbons (Fsp3) is 0.207. The summed E-state index contributed by atoms with van der Waals surface area (Å²) in [7, 11) is 0. The average Bonchev–Trinajstić information content (AvgIpc) is 3.05. The van der Waals surface area contributed by atoms with E-state index in [2.05, 4.69) is 10.6 Å². The third-order valence-electron chi connectivity index (χ3n) is 5.83. The zero-order valence-electron chi connectivity index (χ0n) is 21.1. The van der Waals surface area contributed by atoms with Gasteiger partial charge in [0.2, 0.25) is 5.91 Å². The number of anilines is 3. The van der Waals surface area contributed by atoms with Gasteiger partial charge in [-0.05, 0) is 85.5 Å². The lowest BCUT2D eigenvalue weighted by Gasteiger charge is -2.15. The summed E-state index contributed by atoms with van der Waals surface area (Å²) in [6, 6.07) is 18.0. The summed E-state index contributed by atoms with van der Waals surface area (Å²) in [5.41, 5.74) is 3.84. The van der Waals surface area contributed by atoms with Crippen LogP contribution in [0, 0.1) is 25.6 Å². The Kier molecular flexibility index (Phi) is 7.78. The van der Waals surface area contributed by atoms with E-state index in [0.29, 0.717) is 22.7 Å². The molecule has 8 heteroatoms. The summed E-state index contributed by atoms with van der Waals surface area (Å²) < 4.78 is 13.5. The van der Waals surface area contributed by atoms with E-state index < -0.39 is 17.6 Å². The van der Waals surface area contributed by atoms with Gasteiger partial charge in [-0.25, -0.2) is 9.29 Å². The Hall–Kier alpha value is -3.91. The summed E-state index contributed by atoms with van der Waals surface area (Å²) >= 11 is 1.13. The number of thioether (sulfide) groups is 1. The van der Waals surface area contributed by atoms with Crippen molar-refractivity contribution in [1.82, 2.24) is 0 Å². The number of imide groups is 1. The molecule has 3 amide bonds. The molecule has 0 spiro atoms. The van der Waals surface area contributed by atoms with Gasteiger partial charge >= 0.3 is 0 Å². The summed E-state index contributed by atoms with van der Waals surface area (Å²) in [5, 5.41) is 6.02. The lowest BCUT2D eigenvalue weighted by atomic mass is 10.1. The molecule has 1 aliphatic rings. The summed E-state index contributed by atoms with van der Waals surface area (Å²) in [5.74, 6) is -1.37. The SMILES string of the molecule is Cc1ccc(NC2=C(Sc3cccc(NC(=O)CC(C)C)c3)C(=O)N(c3ccc(F)cc3)C2=O)cc1C. The predicted molar refractivity (Wildman–Crippen MR) is 146 cm³/mol. The number of benzene rings is 3. The van der Waals surface area contributed by atoms with Crippen LogP contribution in [0.5, 0.6) is 0 Å². The molecule has 0 bridgehead atoms. The molecule has 0 radical (unpaired) electrons. The average molecular weight is 518 g/mol. The van der Waals surface area contributed by atoms with Gasteiger partial charge in [0, 0.05) is 22.7 Å². The number of hydrogen-bond donors (Lipinski definition) is 2. The molecule has 37 heavy (non-hydrogen) atoms. The van der Waals surface area contributed by atoms with Crippen molar-refractivity contribution in [3.63, 3.8) is 0 Å². The Bertz CT molecular complexity index is 1400. The van der Waals surface area contributed by atoms with E-state index in [0.717, 1.165) is 27.8 Å². The van der Waals surface area contributed by atoms with E-state index in [1.165, 1.54) is 24.3 Å². The maximum atomic E-state index is 13.5. The van der Waals surface area contributed by atoms with Gasteiger partial charge in [0.05, 0.1) is 5.69 Å². The molecule has 1 aliphatic heterocycles. The second-order valence-corrected chi connectivity index (χ2v) is 10.4. The first-order chi connectivity index (χ1) is 17.6. The van der Waals surface area contributed by atoms with Gasteiger partial charge in [-0.3, -0.25) is 14.4 Å². The number of carbonyl (C=O) groups excluding carboxylic acids is 3. The van der Waals surface area contributed by atoms with Crippen LogP contribution in [0.2, 0.25) is 0 Å².